The Kier molecular flexibility index (Phi) is 55.7. The van der Waals surface area contributed by atoms with Gasteiger partial charge in [0.2, 0.25) is 0 Å². The van der Waals surface area contributed by atoms with Crippen LogP contribution in [0.3, 0.4) is 0 Å². The fourth-order valence-electron chi connectivity index (χ4n) is 8.75. The monoisotopic (exact) mass is 967 g/mol. The van der Waals surface area contributed by atoms with E-state index < -0.39 is 6.10 Å². The molecule has 0 aliphatic rings. The van der Waals surface area contributed by atoms with Gasteiger partial charge in [0.05, 0.1) is 0 Å². The van der Waals surface area contributed by atoms with Gasteiger partial charge in [-0.05, 0) is 77.0 Å². The molecule has 0 rings (SSSR count). The molecule has 0 spiro atoms. The predicted octanol–water partition coefficient (Wildman–Crippen LogP) is 20.2. The summed E-state index contributed by atoms with van der Waals surface area (Å²) < 4.78 is 16.9. The van der Waals surface area contributed by atoms with Crippen molar-refractivity contribution in [2.45, 2.75) is 322 Å². The maximum atomic E-state index is 12.9. The van der Waals surface area contributed by atoms with Crippen molar-refractivity contribution >= 4 is 17.9 Å². The van der Waals surface area contributed by atoms with E-state index in [2.05, 4.69) is 69.4 Å². The highest BCUT2D eigenvalue weighted by Gasteiger charge is 2.19. The molecule has 0 heterocycles. The summed E-state index contributed by atoms with van der Waals surface area (Å²) in [4.78, 5) is 38.2. The lowest BCUT2D eigenvalue weighted by atomic mass is 10.0. The van der Waals surface area contributed by atoms with Crippen LogP contribution in [0.4, 0.5) is 0 Å². The molecule has 0 aliphatic carbocycles. The maximum absolute atomic E-state index is 12.9. The van der Waals surface area contributed by atoms with Crippen molar-refractivity contribution in [2.75, 3.05) is 13.2 Å². The van der Waals surface area contributed by atoms with Gasteiger partial charge in [0.15, 0.2) is 6.10 Å². The van der Waals surface area contributed by atoms with Crippen molar-refractivity contribution in [2.24, 2.45) is 0 Å². The number of ether oxygens (including phenoxy) is 3. The van der Waals surface area contributed by atoms with E-state index in [-0.39, 0.29) is 31.1 Å². The van der Waals surface area contributed by atoms with Gasteiger partial charge in [-0.25, -0.2) is 0 Å². The second-order valence-corrected chi connectivity index (χ2v) is 20.3. The molecule has 6 nitrogen and oxygen atoms in total. The van der Waals surface area contributed by atoms with Crippen LogP contribution in [0.2, 0.25) is 0 Å². The highest BCUT2D eigenvalue weighted by Crippen LogP contribution is 2.17. The lowest BCUT2D eigenvalue weighted by molar-refractivity contribution is -0.167. The molecule has 0 aromatic rings. The van der Waals surface area contributed by atoms with Gasteiger partial charge < -0.3 is 14.2 Å². The van der Waals surface area contributed by atoms with Gasteiger partial charge in [-0.15, -0.1) is 0 Å². The summed E-state index contributed by atoms with van der Waals surface area (Å²) in [5.41, 5.74) is 0. The maximum Gasteiger partial charge on any atom is 0.306 e. The first-order chi connectivity index (χ1) is 34.0. The number of esters is 3. The first-order valence-electron chi connectivity index (χ1n) is 30.1. The molecule has 0 aromatic carbocycles. The van der Waals surface area contributed by atoms with Gasteiger partial charge >= 0.3 is 17.9 Å². The minimum absolute atomic E-state index is 0.0769. The molecule has 0 bridgehead atoms. The first kappa shape index (κ1) is 66.4. The molecule has 0 amide bonds. The summed E-state index contributed by atoms with van der Waals surface area (Å²) in [7, 11) is 0. The Labute approximate surface area is 428 Å². The van der Waals surface area contributed by atoms with Crippen LogP contribution in [0.1, 0.15) is 316 Å². The minimum Gasteiger partial charge on any atom is -0.462 e. The van der Waals surface area contributed by atoms with E-state index >= 15 is 0 Å². The number of carbonyl (C=O) groups excluding carboxylic acids is 3. The Bertz CT molecular complexity index is 1200. The SMILES string of the molecule is CCC/C=C\C/C=C\CCCCCCCC(=O)OCC(COC(=O)CCCCCCCCCCC/C=C\C/C=C\CCCCC)OC(=O)CCCCCCCCCCCCCCCCCCCCC. The zero-order chi connectivity index (χ0) is 50.0. The number of allylic oxidation sites excluding steroid dienone is 8. The van der Waals surface area contributed by atoms with Gasteiger partial charge in [0, 0.05) is 19.3 Å². The van der Waals surface area contributed by atoms with Crippen molar-refractivity contribution < 1.29 is 28.6 Å². The largest absolute Gasteiger partial charge is 0.462 e. The summed E-state index contributed by atoms with van der Waals surface area (Å²) >= 11 is 0. The normalized spacial score (nSPS) is 12.3. The Morgan fingerprint density at radius 3 is 0.884 bits per heavy atom. The van der Waals surface area contributed by atoms with Gasteiger partial charge in [0.25, 0.3) is 0 Å². The fraction of sp³-hybridized carbons (Fsp3) is 0.825. The van der Waals surface area contributed by atoms with Crippen molar-refractivity contribution in [1.82, 2.24) is 0 Å². The summed E-state index contributed by atoms with van der Waals surface area (Å²) in [5, 5.41) is 0. The molecule has 0 radical (unpaired) electrons. The summed E-state index contributed by atoms with van der Waals surface area (Å²) in [6, 6.07) is 0. The molecular formula is C63H114O6. The zero-order valence-electron chi connectivity index (χ0n) is 46.1. The minimum atomic E-state index is -0.779. The fourth-order valence-corrected chi connectivity index (χ4v) is 8.75. The Morgan fingerprint density at radius 1 is 0.290 bits per heavy atom. The Morgan fingerprint density at radius 2 is 0.551 bits per heavy atom. The van der Waals surface area contributed by atoms with Crippen LogP contribution in [0.15, 0.2) is 48.6 Å². The van der Waals surface area contributed by atoms with Crippen molar-refractivity contribution in [1.29, 1.82) is 0 Å². The average Bonchev–Trinajstić information content (AvgIpc) is 3.35. The van der Waals surface area contributed by atoms with Crippen LogP contribution in [0.5, 0.6) is 0 Å². The number of rotatable bonds is 55. The van der Waals surface area contributed by atoms with E-state index in [9.17, 15) is 14.4 Å². The molecule has 0 fully saturated rings. The first-order valence-corrected chi connectivity index (χ1v) is 30.1. The highest BCUT2D eigenvalue weighted by molar-refractivity contribution is 5.71. The van der Waals surface area contributed by atoms with E-state index in [1.165, 1.54) is 186 Å². The third-order valence-electron chi connectivity index (χ3n) is 13.3. The van der Waals surface area contributed by atoms with Crippen LogP contribution < -0.4 is 0 Å². The van der Waals surface area contributed by atoms with Crippen molar-refractivity contribution in [3.05, 3.63) is 48.6 Å². The number of unbranched alkanes of at least 4 members (excludes halogenated alkanes) is 36. The third kappa shape index (κ3) is 56.2. The van der Waals surface area contributed by atoms with Crippen molar-refractivity contribution in [3.8, 4) is 0 Å². The van der Waals surface area contributed by atoms with Gasteiger partial charge in [-0.3, -0.25) is 14.4 Å². The quantitative estimate of drug-likeness (QED) is 0.0262. The van der Waals surface area contributed by atoms with Crippen LogP contribution in [0.25, 0.3) is 0 Å². The van der Waals surface area contributed by atoms with Gasteiger partial charge in [-0.2, -0.15) is 0 Å². The van der Waals surface area contributed by atoms with Crippen LogP contribution in [-0.2, 0) is 28.6 Å². The third-order valence-corrected chi connectivity index (χ3v) is 13.3. The standard InChI is InChI=1S/C63H114O6/c1-4-7-10-13-16-19-22-25-27-29-31-33-35-38-41-44-47-50-53-56-62(65)68-59-60(58-67-61(64)55-52-49-46-43-40-37-24-21-18-15-12-9-6-3)69-63(66)57-54-51-48-45-42-39-36-34-32-30-28-26-23-20-17-14-11-8-5-2/h12,15-16,19,21,24-25,27,60H,4-11,13-14,17-18,20,22-23,26,28-59H2,1-3H3/b15-12-,19-16-,24-21-,27-25-. The molecule has 0 saturated carbocycles. The smallest absolute Gasteiger partial charge is 0.306 e. The summed E-state index contributed by atoms with van der Waals surface area (Å²) in [5.74, 6) is -0.878. The van der Waals surface area contributed by atoms with Crippen LogP contribution in [0, 0.1) is 0 Å². The van der Waals surface area contributed by atoms with E-state index in [4.69, 9.17) is 14.2 Å². The molecule has 1 atom stereocenters. The molecule has 0 N–H and O–H groups in total. The van der Waals surface area contributed by atoms with Crippen molar-refractivity contribution in [3.63, 3.8) is 0 Å². The van der Waals surface area contributed by atoms with Crippen LogP contribution >= 0.6 is 0 Å². The zero-order valence-corrected chi connectivity index (χ0v) is 46.1. The molecule has 1 unspecified atom stereocenters. The Hall–Kier alpha value is -2.63. The number of carbonyl (C=O) groups is 3. The molecule has 0 saturated heterocycles. The molecule has 0 aliphatic heterocycles. The molecule has 69 heavy (non-hydrogen) atoms. The second-order valence-electron chi connectivity index (χ2n) is 20.3. The van der Waals surface area contributed by atoms with Crippen LogP contribution in [-0.4, -0.2) is 37.2 Å². The van der Waals surface area contributed by atoms with E-state index in [0.29, 0.717) is 19.3 Å². The van der Waals surface area contributed by atoms with E-state index in [0.717, 1.165) is 89.9 Å². The predicted molar refractivity (Wildman–Crippen MR) is 298 cm³/mol. The molecule has 0 aromatic heterocycles. The highest BCUT2D eigenvalue weighted by atomic mass is 16.6. The molecular weight excluding hydrogens is 853 g/mol. The van der Waals surface area contributed by atoms with E-state index in [1.807, 2.05) is 0 Å². The molecule has 6 heteroatoms. The summed E-state index contributed by atoms with van der Waals surface area (Å²) in [6.07, 6.45) is 71.0. The topological polar surface area (TPSA) is 78.9 Å². The average molecular weight is 968 g/mol. The lowest BCUT2D eigenvalue weighted by Crippen LogP contribution is -2.30. The Balaban J connectivity index is 4.33. The molecule has 402 valence electrons. The lowest BCUT2D eigenvalue weighted by Gasteiger charge is -2.18. The number of hydrogen-bond acceptors (Lipinski definition) is 6. The summed E-state index contributed by atoms with van der Waals surface area (Å²) in [6.45, 7) is 6.58. The van der Waals surface area contributed by atoms with E-state index in [1.54, 1.807) is 0 Å². The van der Waals surface area contributed by atoms with Gasteiger partial charge in [0.1, 0.15) is 13.2 Å². The number of hydrogen-bond donors (Lipinski definition) is 0. The van der Waals surface area contributed by atoms with Gasteiger partial charge in [-0.1, -0.05) is 268 Å². The second kappa shape index (κ2) is 57.9.